The van der Waals surface area contributed by atoms with Crippen LogP contribution in [-0.4, -0.2) is 14.4 Å². The third-order valence-electron chi connectivity index (χ3n) is 1.67. The van der Waals surface area contributed by atoms with Crippen LogP contribution in [0.3, 0.4) is 0 Å². The van der Waals surface area contributed by atoms with Crippen LogP contribution in [-0.2, 0) is 6.54 Å². The number of hydrogen-bond acceptors (Lipinski definition) is 2. The summed E-state index contributed by atoms with van der Waals surface area (Å²) in [6.07, 6.45) is 1.74. The van der Waals surface area contributed by atoms with Gasteiger partial charge in [-0.1, -0.05) is 35.8 Å². The number of nitrogens with two attached hydrogens (primary N) is 1. The summed E-state index contributed by atoms with van der Waals surface area (Å²) in [7, 11) is 5.51. The second-order valence-electron chi connectivity index (χ2n) is 2.79. The minimum absolute atomic E-state index is 0.391. The first kappa shape index (κ1) is 9.87. The van der Waals surface area contributed by atoms with Crippen LogP contribution in [0.5, 0.6) is 0 Å². The molecule has 0 saturated carbocycles. The van der Waals surface area contributed by atoms with Gasteiger partial charge in [0, 0.05) is 13.1 Å². The van der Waals surface area contributed by atoms with E-state index in [-0.39, 0.29) is 0 Å². The molecule has 0 amide bonds. The molecule has 3 heteroatoms. The molecule has 2 nitrogen and oxygen atoms in total. The van der Waals surface area contributed by atoms with Gasteiger partial charge < -0.3 is 11.1 Å². The van der Waals surface area contributed by atoms with Crippen molar-refractivity contribution in [3.05, 3.63) is 47.6 Å². The highest BCUT2D eigenvalue weighted by atomic mass is 14.8. The van der Waals surface area contributed by atoms with Gasteiger partial charge in [0.1, 0.15) is 7.85 Å². The Balaban J connectivity index is 2.36. The topological polar surface area (TPSA) is 38.0 Å². The fraction of sp³-hybridized carbons (Fsp3) is 0.200. The lowest BCUT2D eigenvalue weighted by atomic mass is 9.97. The average Bonchev–Trinajstić information content (AvgIpc) is 2.19. The second kappa shape index (κ2) is 5.43. The molecule has 13 heavy (non-hydrogen) atoms. The van der Waals surface area contributed by atoms with Gasteiger partial charge in [-0.3, -0.25) is 0 Å². The Kier molecular flexibility index (Phi) is 4.13. The van der Waals surface area contributed by atoms with Crippen molar-refractivity contribution in [3.63, 3.8) is 0 Å². The molecule has 0 aliphatic heterocycles. The summed E-state index contributed by atoms with van der Waals surface area (Å²) in [5.74, 6) is 0. The van der Waals surface area contributed by atoms with Crippen molar-refractivity contribution in [2.75, 3.05) is 6.54 Å². The maximum atomic E-state index is 5.51. The molecule has 0 unspecified atom stereocenters. The van der Waals surface area contributed by atoms with Gasteiger partial charge in [-0.15, -0.1) is 0 Å². The second-order valence-corrected chi connectivity index (χ2v) is 2.79. The van der Waals surface area contributed by atoms with E-state index in [1.807, 2.05) is 18.2 Å². The molecule has 0 atom stereocenters. The van der Waals surface area contributed by atoms with E-state index in [9.17, 15) is 0 Å². The summed E-state index contributed by atoms with van der Waals surface area (Å²) in [5, 5.41) is 3.09. The Labute approximate surface area is 80.2 Å². The molecule has 0 saturated heterocycles. The highest BCUT2D eigenvalue weighted by Gasteiger charge is 1.87. The first-order valence-corrected chi connectivity index (χ1v) is 4.25. The minimum Gasteiger partial charge on any atom is -0.387 e. The lowest BCUT2D eigenvalue weighted by Gasteiger charge is -2.02. The van der Waals surface area contributed by atoms with Crippen molar-refractivity contribution in [2.45, 2.75) is 6.54 Å². The molecule has 0 aliphatic carbocycles. The van der Waals surface area contributed by atoms with Gasteiger partial charge in [0.15, 0.2) is 0 Å². The zero-order chi connectivity index (χ0) is 9.52. The summed E-state index contributed by atoms with van der Waals surface area (Å²) in [6, 6.07) is 10.1. The standard InChI is InChI=1S/C10H13BN2/c11-10(6-12)8-13-7-9-4-2-1-3-5-9/h1-5,8,13H,6-7,12H2/b10-8+. The smallest absolute Gasteiger partial charge is 0.111 e. The molecule has 0 heterocycles. The van der Waals surface area contributed by atoms with Crippen molar-refractivity contribution >= 4 is 7.85 Å². The quantitative estimate of drug-likeness (QED) is 0.657. The molecular formula is C10H13BN2. The Morgan fingerprint density at radius 2 is 2.08 bits per heavy atom. The normalized spacial score (nSPS) is 11.3. The molecule has 0 fully saturated rings. The Bertz CT molecular complexity index is 270. The molecule has 0 spiro atoms. The lowest BCUT2D eigenvalue weighted by Crippen LogP contribution is -2.10. The van der Waals surface area contributed by atoms with Crippen molar-refractivity contribution in [1.29, 1.82) is 0 Å². The largest absolute Gasteiger partial charge is 0.387 e. The fourth-order valence-corrected chi connectivity index (χ4v) is 0.955. The van der Waals surface area contributed by atoms with Gasteiger partial charge in [0.2, 0.25) is 0 Å². The van der Waals surface area contributed by atoms with Gasteiger partial charge in [0.05, 0.1) is 0 Å². The summed E-state index contributed by atoms with van der Waals surface area (Å²) in [6.45, 7) is 1.17. The predicted molar refractivity (Wildman–Crippen MR) is 56.2 cm³/mol. The van der Waals surface area contributed by atoms with Crippen LogP contribution < -0.4 is 11.1 Å². The summed E-state index contributed by atoms with van der Waals surface area (Å²) < 4.78 is 0. The molecule has 0 aromatic heterocycles. The Hall–Kier alpha value is -1.22. The van der Waals surface area contributed by atoms with E-state index in [2.05, 4.69) is 17.4 Å². The maximum Gasteiger partial charge on any atom is 0.111 e. The van der Waals surface area contributed by atoms with Crippen LogP contribution in [0.4, 0.5) is 0 Å². The molecule has 0 bridgehead atoms. The fourth-order valence-electron chi connectivity index (χ4n) is 0.955. The molecule has 1 rings (SSSR count). The molecule has 1 aromatic rings. The number of rotatable bonds is 4. The van der Waals surface area contributed by atoms with Crippen molar-refractivity contribution in [1.82, 2.24) is 5.32 Å². The SMILES string of the molecule is [B]/C(=C/NCc1ccccc1)CN. The first-order valence-electron chi connectivity index (χ1n) is 4.25. The molecule has 3 N–H and O–H groups in total. The molecular weight excluding hydrogens is 159 g/mol. The number of benzene rings is 1. The van der Waals surface area contributed by atoms with E-state index in [0.29, 0.717) is 12.0 Å². The molecule has 66 valence electrons. The first-order chi connectivity index (χ1) is 6.33. The van der Waals surface area contributed by atoms with Crippen LogP contribution in [0, 0.1) is 0 Å². The highest BCUT2D eigenvalue weighted by molar-refractivity contribution is 6.21. The van der Waals surface area contributed by atoms with Crippen LogP contribution in [0.2, 0.25) is 0 Å². The zero-order valence-corrected chi connectivity index (χ0v) is 7.53. The van der Waals surface area contributed by atoms with Gasteiger partial charge >= 0.3 is 0 Å². The third-order valence-corrected chi connectivity index (χ3v) is 1.67. The van der Waals surface area contributed by atoms with E-state index in [4.69, 9.17) is 13.6 Å². The Morgan fingerprint density at radius 1 is 1.38 bits per heavy atom. The van der Waals surface area contributed by atoms with Crippen LogP contribution in [0.15, 0.2) is 42.0 Å². The summed E-state index contributed by atoms with van der Waals surface area (Å²) in [5.41, 5.74) is 7.21. The van der Waals surface area contributed by atoms with Crippen molar-refractivity contribution in [3.8, 4) is 0 Å². The highest BCUT2D eigenvalue weighted by Crippen LogP contribution is 1.96. The van der Waals surface area contributed by atoms with Crippen LogP contribution in [0.1, 0.15) is 5.56 Å². The summed E-state index contributed by atoms with van der Waals surface area (Å²) >= 11 is 0. The molecule has 0 aliphatic rings. The number of hydrogen-bond donors (Lipinski definition) is 2. The maximum absolute atomic E-state index is 5.51. The van der Waals surface area contributed by atoms with Crippen molar-refractivity contribution in [2.24, 2.45) is 5.73 Å². The van der Waals surface area contributed by atoms with Gasteiger partial charge in [0.25, 0.3) is 0 Å². The third kappa shape index (κ3) is 3.81. The van der Waals surface area contributed by atoms with Gasteiger partial charge in [-0.25, -0.2) is 0 Å². The van der Waals surface area contributed by atoms with E-state index in [0.717, 1.165) is 6.54 Å². The van der Waals surface area contributed by atoms with E-state index in [1.165, 1.54) is 5.56 Å². The van der Waals surface area contributed by atoms with Gasteiger partial charge in [-0.05, 0) is 11.8 Å². The van der Waals surface area contributed by atoms with Crippen LogP contribution >= 0.6 is 0 Å². The number of nitrogens with one attached hydrogen (secondary N) is 1. The van der Waals surface area contributed by atoms with Crippen molar-refractivity contribution < 1.29 is 0 Å². The summed E-state index contributed by atoms with van der Waals surface area (Å²) in [4.78, 5) is 0. The molecule has 2 radical (unpaired) electrons. The predicted octanol–water partition coefficient (Wildman–Crippen LogP) is 0.745. The Morgan fingerprint density at radius 3 is 2.69 bits per heavy atom. The zero-order valence-electron chi connectivity index (χ0n) is 7.53. The lowest BCUT2D eigenvalue weighted by molar-refractivity contribution is 0.863. The molecule has 1 aromatic carbocycles. The minimum atomic E-state index is 0.391. The average molecular weight is 172 g/mol. The monoisotopic (exact) mass is 172 g/mol. The van der Waals surface area contributed by atoms with Gasteiger partial charge in [-0.2, -0.15) is 0 Å². The van der Waals surface area contributed by atoms with E-state index < -0.39 is 0 Å². The van der Waals surface area contributed by atoms with E-state index >= 15 is 0 Å². The van der Waals surface area contributed by atoms with Crippen LogP contribution in [0.25, 0.3) is 0 Å². The van der Waals surface area contributed by atoms with E-state index in [1.54, 1.807) is 6.20 Å².